The van der Waals surface area contributed by atoms with E-state index >= 15 is 0 Å². The van der Waals surface area contributed by atoms with Crippen LogP contribution in [0.15, 0.2) is 16.7 Å². The van der Waals surface area contributed by atoms with Crippen LogP contribution in [-0.4, -0.2) is 23.8 Å². The maximum absolute atomic E-state index is 11.8. The van der Waals surface area contributed by atoms with E-state index in [1.807, 2.05) is 26.8 Å². The number of ether oxygens (including phenoxy) is 2. The molecule has 2 aromatic rings. The van der Waals surface area contributed by atoms with Gasteiger partial charge >= 0.3 is 6.09 Å². The molecule has 2 aromatic heterocycles. The summed E-state index contributed by atoms with van der Waals surface area (Å²) in [4.78, 5) is 16.2. The van der Waals surface area contributed by atoms with E-state index in [1.54, 1.807) is 13.3 Å². The number of halogens is 1. The molecule has 7 heteroatoms. The van der Waals surface area contributed by atoms with Crippen molar-refractivity contribution >= 4 is 48.6 Å². The molecule has 0 unspecified atom stereocenters. The van der Waals surface area contributed by atoms with Crippen LogP contribution in [0.5, 0.6) is 0 Å². The van der Waals surface area contributed by atoms with Crippen molar-refractivity contribution in [3.8, 4) is 0 Å². The van der Waals surface area contributed by atoms with Gasteiger partial charge in [0.1, 0.15) is 10.6 Å². The zero-order valence-electron chi connectivity index (χ0n) is 12.3. The maximum Gasteiger partial charge on any atom is 0.412 e. The largest absolute Gasteiger partial charge is 0.444 e. The smallest absolute Gasteiger partial charge is 0.412 e. The number of anilines is 1. The number of rotatable bonds is 3. The van der Waals surface area contributed by atoms with E-state index in [4.69, 9.17) is 9.47 Å². The number of carbonyl (C=O) groups is 1. The highest BCUT2D eigenvalue weighted by Gasteiger charge is 2.19. The van der Waals surface area contributed by atoms with E-state index in [9.17, 15) is 4.79 Å². The Morgan fingerprint density at radius 2 is 2.19 bits per heavy atom. The van der Waals surface area contributed by atoms with Crippen molar-refractivity contribution in [2.24, 2.45) is 0 Å². The van der Waals surface area contributed by atoms with Gasteiger partial charge in [-0.25, -0.2) is 4.79 Å². The van der Waals surface area contributed by atoms with Gasteiger partial charge in [0.05, 0.1) is 21.3 Å². The van der Waals surface area contributed by atoms with Crippen LogP contribution in [0.3, 0.4) is 0 Å². The zero-order valence-corrected chi connectivity index (χ0v) is 14.7. The molecule has 0 aromatic carbocycles. The van der Waals surface area contributed by atoms with Gasteiger partial charge < -0.3 is 9.47 Å². The summed E-state index contributed by atoms with van der Waals surface area (Å²) >= 11 is 4.91. The third-order valence-electron chi connectivity index (χ3n) is 2.45. The number of hydrogen-bond acceptors (Lipinski definition) is 5. The molecule has 2 rings (SSSR count). The fourth-order valence-corrected chi connectivity index (χ4v) is 3.50. The number of carbonyl (C=O) groups excluding carboxylic acids is 1. The summed E-state index contributed by atoms with van der Waals surface area (Å²) in [5.41, 5.74) is 1.27. The van der Waals surface area contributed by atoms with Crippen molar-refractivity contribution in [1.82, 2.24) is 4.98 Å². The van der Waals surface area contributed by atoms with Crippen LogP contribution in [0.25, 0.3) is 10.2 Å². The average molecular weight is 373 g/mol. The number of hydrogen-bond donors (Lipinski definition) is 1. The molecule has 5 nitrogen and oxygen atoms in total. The first-order valence-electron chi connectivity index (χ1n) is 6.36. The molecular weight excluding hydrogens is 356 g/mol. The quantitative estimate of drug-likeness (QED) is 0.857. The Kier molecular flexibility index (Phi) is 4.85. The summed E-state index contributed by atoms with van der Waals surface area (Å²) in [7, 11) is 1.64. The number of nitrogens with one attached hydrogen (secondary N) is 1. The molecule has 1 amide bonds. The summed E-state index contributed by atoms with van der Waals surface area (Å²) in [5.74, 6) is 0. The predicted octanol–water partition coefficient (Wildman–Crippen LogP) is 4.55. The average Bonchev–Trinajstić information content (AvgIpc) is 2.64. The van der Waals surface area contributed by atoms with E-state index in [1.165, 1.54) is 11.3 Å². The van der Waals surface area contributed by atoms with Crippen LogP contribution in [-0.2, 0) is 16.1 Å². The molecule has 0 saturated heterocycles. The molecule has 21 heavy (non-hydrogen) atoms. The second-order valence-corrected chi connectivity index (χ2v) is 7.34. The first-order chi connectivity index (χ1) is 9.80. The van der Waals surface area contributed by atoms with Crippen LogP contribution in [0.4, 0.5) is 9.80 Å². The number of methoxy groups -OCH3 is 1. The second-order valence-electron chi connectivity index (χ2n) is 5.50. The lowest BCUT2D eigenvalue weighted by atomic mass is 10.2. The van der Waals surface area contributed by atoms with Gasteiger partial charge in [-0.1, -0.05) is 0 Å². The molecule has 2 heterocycles. The molecular formula is C14H17BrN2O3S. The number of aromatic nitrogens is 1. The molecule has 0 saturated carbocycles. The first-order valence-corrected chi connectivity index (χ1v) is 7.97. The Morgan fingerprint density at radius 3 is 2.81 bits per heavy atom. The van der Waals surface area contributed by atoms with E-state index in [0.717, 1.165) is 20.3 Å². The minimum Gasteiger partial charge on any atom is -0.444 e. The summed E-state index contributed by atoms with van der Waals surface area (Å²) in [5, 5.41) is 3.43. The van der Waals surface area contributed by atoms with E-state index in [0.29, 0.717) is 11.6 Å². The summed E-state index contributed by atoms with van der Waals surface area (Å²) in [6.45, 7) is 5.98. The fraction of sp³-hybridized carbons (Fsp3) is 0.429. The molecule has 0 aliphatic rings. The van der Waals surface area contributed by atoms with Crippen molar-refractivity contribution in [3.05, 3.63) is 22.3 Å². The minimum atomic E-state index is -0.531. The van der Waals surface area contributed by atoms with Crippen molar-refractivity contribution < 1.29 is 14.3 Å². The van der Waals surface area contributed by atoms with Gasteiger partial charge in [-0.3, -0.25) is 10.3 Å². The van der Waals surface area contributed by atoms with Crippen molar-refractivity contribution in [1.29, 1.82) is 0 Å². The monoisotopic (exact) mass is 372 g/mol. The van der Waals surface area contributed by atoms with Gasteiger partial charge in [0.15, 0.2) is 0 Å². The molecule has 0 radical (unpaired) electrons. The molecule has 114 valence electrons. The topological polar surface area (TPSA) is 60.5 Å². The number of thiophene rings is 1. The number of pyridine rings is 1. The third-order valence-corrected chi connectivity index (χ3v) is 4.53. The van der Waals surface area contributed by atoms with E-state index < -0.39 is 11.7 Å². The van der Waals surface area contributed by atoms with Crippen LogP contribution in [0.1, 0.15) is 26.3 Å². The molecule has 0 fully saturated rings. The number of fused-ring (bicyclic) bond motifs is 1. The lowest BCUT2D eigenvalue weighted by Crippen LogP contribution is -2.27. The van der Waals surface area contributed by atoms with Gasteiger partial charge in [0, 0.05) is 13.3 Å². The Morgan fingerprint density at radius 1 is 1.48 bits per heavy atom. The van der Waals surface area contributed by atoms with E-state index in [2.05, 4.69) is 26.2 Å². The third kappa shape index (κ3) is 4.15. The fourth-order valence-electron chi connectivity index (χ4n) is 1.71. The van der Waals surface area contributed by atoms with Crippen molar-refractivity contribution in [3.63, 3.8) is 0 Å². The first kappa shape index (κ1) is 16.2. The van der Waals surface area contributed by atoms with Crippen LogP contribution in [0.2, 0.25) is 0 Å². The lowest BCUT2D eigenvalue weighted by molar-refractivity contribution is 0.0636. The summed E-state index contributed by atoms with van der Waals surface area (Å²) < 4.78 is 12.1. The van der Waals surface area contributed by atoms with Gasteiger partial charge in [-0.15, -0.1) is 11.3 Å². The second kappa shape index (κ2) is 6.29. The maximum atomic E-state index is 11.8. The van der Waals surface area contributed by atoms with Crippen molar-refractivity contribution in [2.75, 3.05) is 12.4 Å². The predicted molar refractivity (Wildman–Crippen MR) is 87.9 cm³/mol. The highest BCUT2D eigenvalue weighted by molar-refractivity contribution is 9.10. The molecule has 0 atom stereocenters. The Labute approximate surface area is 135 Å². The minimum absolute atomic E-state index is 0.480. The highest BCUT2D eigenvalue weighted by atomic mass is 79.9. The van der Waals surface area contributed by atoms with Crippen molar-refractivity contribution in [2.45, 2.75) is 33.0 Å². The van der Waals surface area contributed by atoms with Crippen LogP contribution in [0, 0.1) is 0 Å². The number of amides is 1. The van der Waals surface area contributed by atoms with Gasteiger partial charge in [-0.05, 0) is 48.3 Å². The SMILES string of the molecule is COCc1cnc2c(Br)c(NC(=O)OC(C)(C)C)sc2c1. The highest BCUT2D eigenvalue weighted by Crippen LogP contribution is 2.39. The summed E-state index contributed by atoms with van der Waals surface area (Å²) in [6.07, 6.45) is 1.28. The Hall–Kier alpha value is -1.18. The van der Waals surface area contributed by atoms with Gasteiger partial charge in [0.25, 0.3) is 0 Å². The molecule has 0 bridgehead atoms. The standard InChI is InChI=1S/C14H17BrN2O3S/c1-14(2,3)20-13(18)17-12-10(15)11-9(21-12)5-8(6-16-11)7-19-4/h5-6H,7H2,1-4H3,(H,17,18). The van der Waals surface area contributed by atoms with E-state index in [-0.39, 0.29) is 0 Å². The Bertz CT molecular complexity index is 664. The van der Waals surface area contributed by atoms with Gasteiger partial charge in [0.2, 0.25) is 0 Å². The molecule has 0 aliphatic carbocycles. The van der Waals surface area contributed by atoms with Gasteiger partial charge in [-0.2, -0.15) is 0 Å². The lowest BCUT2D eigenvalue weighted by Gasteiger charge is -2.19. The summed E-state index contributed by atoms with van der Waals surface area (Å²) in [6, 6.07) is 2.00. The molecule has 0 aliphatic heterocycles. The normalized spacial score (nSPS) is 11.7. The number of nitrogens with zero attached hydrogens (tertiary/aromatic N) is 1. The Balaban J connectivity index is 2.24. The molecule has 1 N–H and O–H groups in total. The molecule has 0 spiro atoms. The zero-order chi connectivity index (χ0) is 15.6. The van der Waals surface area contributed by atoms with Crippen LogP contribution < -0.4 is 5.32 Å². The van der Waals surface area contributed by atoms with Crippen LogP contribution >= 0.6 is 27.3 Å².